The molecule has 0 aliphatic heterocycles. The standard InChI is InChI=1S/C29H30N2O2/c1-21(2)29(3,24-11-8-22(9-12-24)23-10-17-28(32-4)31-19-23)25-13-15-27(16-14-25)33-20-26-7-5-6-18-30-26/h5-19,21H,20H2,1-4H3. The van der Waals surface area contributed by atoms with Gasteiger partial charge < -0.3 is 9.47 Å². The van der Waals surface area contributed by atoms with Gasteiger partial charge in [0.25, 0.3) is 0 Å². The lowest BCUT2D eigenvalue weighted by atomic mass is 9.68. The summed E-state index contributed by atoms with van der Waals surface area (Å²) in [5.74, 6) is 1.87. The molecule has 4 heteroatoms. The lowest BCUT2D eigenvalue weighted by Gasteiger charge is -2.35. The quantitative estimate of drug-likeness (QED) is 0.307. The third-order valence-electron chi connectivity index (χ3n) is 6.48. The van der Waals surface area contributed by atoms with Crippen molar-refractivity contribution in [3.8, 4) is 22.8 Å². The maximum absolute atomic E-state index is 5.93. The lowest BCUT2D eigenvalue weighted by molar-refractivity contribution is 0.301. The summed E-state index contributed by atoms with van der Waals surface area (Å²) < 4.78 is 11.1. The van der Waals surface area contributed by atoms with E-state index in [4.69, 9.17) is 9.47 Å². The molecule has 0 fully saturated rings. The zero-order valence-corrected chi connectivity index (χ0v) is 19.7. The first-order chi connectivity index (χ1) is 16.0. The summed E-state index contributed by atoms with van der Waals surface area (Å²) >= 11 is 0. The Kier molecular flexibility index (Phi) is 6.74. The van der Waals surface area contributed by atoms with Gasteiger partial charge in [0.1, 0.15) is 12.4 Å². The molecular formula is C29H30N2O2. The molecule has 0 N–H and O–H groups in total. The molecule has 0 spiro atoms. The van der Waals surface area contributed by atoms with Crippen molar-refractivity contribution >= 4 is 0 Å². The van der Waals surface area contributed by atoms with Crippen molar-refractivity contribution in [2.75, 3.05) is 7.11 Å². The SMILES string of the molecule is COc1ccc(-c2ccc(C(C)(c3ccc(OCc4ccccn4)cc3)C(C)C)cc2)cn1. The van der Waals surface area contributed by atoms with Gasteiger partial charge in [-0.05, 0) is 52.9 Å². The molecule has 0 radical (unpaired) electrons. The van der Waals surface area contributed by atoms with Crippen LogP contribution in [0.3, 0.4) is 0 Å². The number of rotatable bonds is 8. The van der Waals surface area contributed by atoms with Gasteiger partial charge in [0.05, 0.1) is 12.8 Å². The van der Waals surface area contributed by atoms with E-state index in [2.05, 4.69) is 79.3 Å². The smallest absolute Gasteiger partial charge is 0.212 e. The molecule has 0 bridgehead atoms. The van der Waals surface area contributed by atoms with Crippen molar-refractivity contribution in [2.24, 2.45) is 5.92 Å². The largest absolute Gasteiger partial charge is 0.487 e. The molecule has 2 heterocycles. The summed E-state index contributed by atoms with van der Waals surface area (Å²) in [5.41, 5.74) is 5.55. The minimum absolute atomic E-state index is 0.129. The molecule has 0 saturated heterocycles. The average Bonchev–Trinajstić information content (AvgIpc) is 2.88. The Labute approximate surface area is 196 Å². The van der Waals surface area contributed by atoms with Gasteiger partial charge in [0.15, 0.2) is 0 Å². The molecule has 2 aromatic carbocycles. The summed E-state index contributed by atoms with van der Waals surface area (Å²) in [4.78, 5) is 8.64. The number of hydrogen-bond acceptors (Lipinski definition) is 4. The van der Waals surface area contributed by atoms with E-state index in [1.165, 1.54) is 11.1 Å². The van der Waals surface area contributed by atoms with Crippen LogP contribution in [0.1, 0.15) is 37.6 Å². The predicted octanol–water partition coefficient (Wildman–Crippen LogP) is 6.69. The Morgan fingerprint density at radius 3 is 2.00 bits per heavy atom. The molecule has 1 atom stereocenters. The lowest BCUT2D eigenvalue weighted by Crippen LogP contribution is -2.30. The second kappa shape index (κ2) is 9.86. The molecule has 1 unspecified atom stereocenters. The molecule has 33 heavy (non-hydrogen) atoms. The summed E-state index contributed by atoms with van der Waals surface area (Å²) in [5, 5.41) is 0. The Balaban J connectivity index is 1.54. The third kappa shape index (κ3) is 4.90. The van der Waals surface area contributed by atoms with E-state index in [9.17, 15) is 0 Å². The van der Waals surface area contributed by atoms with Gasteiger partial charge in [0, 0.05) is 29.4 Å². The van der Waals surface area contributed by atoms with E-state index in [-0.39, 0.29) is 5.41 Å². The van der Waals surface area contributed by atoms with Crippen molar-refractivity contribution < 1.29 is 9.47 Å². The van der Waals surface area contributed by atoms with Gasteiger partial charge in [-0.3, -0.25) is 4.98 Å². The summed E-state index contributed by atoms with van der Waals surface area (Å²) in [6.07, 6.45) is 3.63. The van der Waals surface area contributed by atoms with Crippen LogP contribution >= 0.6 is 0 Å². The zero-order chi connectivity index (χ0) is 23.3. The Hall–Kier alpha value is -3.66. The summed E-state index contributed by atoms with van der Waals surface area (Å²) in [6, 6.07) is 27.0. The van der Waals surface area contributed by atoms with Crippen LogP contribution in [-0.4, -0.2) is 17.1 Å². The molecular weight excluding hydrogens is 408 g/mol. The van der Waals surface area contributed by atoms with Crippen LogP contribution in [-0.2, 0) is 12.0 Å². The summed E-state index contributed by atoms with van der Waals surface area (Å²) in [7, 11) is 1.63. The van der Waals surface area contributed by atoms with E-state index in [1.807, 2.05) is 36.5 Å². The maximum atomic E-state index is 5.93. The molecule has 2 aromatic heterocycles. The van der Waals surface area contributed by atoms with Crippen LogP contribution in [0.25, 0.3) is 11.1 Å². The minimum atomic E-state index is -0.129. The molecule has 0 aliphatic carbocycles. The molecule has 0 saturated carbocycles. The van der Waals surface area contributed by atoms with Crippen LogP contribution in [0.15, 0.2) is 91.3 Å². The Morgan fingerprint density at radius 1 is 0.788 bits per heavy atom. The Bertz CT molecular complexity index is 1160. The van der Waals surface area contributed by atoms with Crippen LogP contribution in [0.2, 0.25) is 0 Å². The topological polar surface area (TPSA) is 44.2 Å². The number of nitrogens with zero attached hydrogens (tertiary/aromatic N) is 2. The second-order valence-corrected chi connectivity index (χ2v) is 8.66. The number of ether oxygens (including phenoxy) is 2. The fraction of sp³-hybridized carbons (Fsp3) is 0.241. The monoisotopic (exact) mass is 438 g/mol. The molecule has 4 nitrogen and oxygen atoms in total. The molecule has 0 amide bonds. The van der Waals surface area contributed by atoms with E-state index >= 15 is 0 Å². The van der Waals surface area contributed by atoms with Gasteiger partial charge in [-0.15, -0.1) is 0 Å². The number of methoxy groups -OCH3 is 1. The van der Waals surface area contributed by atoms with Crippen molar-refractivity contribution in [3.05, 3.63) is 108 Å². The highest BCUT2D eigenvalue weighted by atomic mass is 16.5. The van der Waals surface area contributed by atoms with Crippen LogP contribution < -0.4 is 9.47 Å². The van der Waals surface area contributed by atoms with Crippen molar-refractivity contribution in [1.82, 2.24) is 9.97 Å². The predicted molar refractivity (Wildman–Crippen MR) is 133 cm³/mol. The van der Waals surface area contributed by atoms with E-state index in [1.54, 1.807) is 13.3 Å². The van der Waals surface area contributed by atoms with Crippen molar-refractivity contribution in [1.29, 1.82) is 0 Å². The number of hydrogen-bond donors (Lipinski definition) is 0. The van der Waals surface area contributed by atoms with Crippen LogP contribution in [0, 0.1) is 5.92 Å². The second-order valence-electron chi connectivity index (χ2n) is 8.66. The first-order valence-electron chi connectivity index (χ1n) is 11.2. The Morgan fingerprint density at radius 2 is 1.45 bits per heavy atom. The van der Waals surface area contributed by atoms with Crippen molar-refractivity contribution in [3.63, 3.8) is 0 Å². The zero-order valence-electron chi connectivity index (χ0n) is 19.7. The summed E-state index contributed by atoms with van der Waals surface area (Å²) in [6.45, 7) is 7.31. The van der Waals surface area contributed by atoms with E-state index in [0.717, 1.165) is 22.6 Å². The number of aromatic nitrogens is 2. The highest BCUT2D eigenvalue weighted by Gasteiger charge is 2.32. The first kappa shape index (κ1) is 22.5. The van der Waals surface area contributed by atoms with E-state index < -0.39 is 0 Å². The third-order valence-corrected chi connectivity index (χ3v) is 6.48. The highest BCUT2D eigenvalue weighted by molar-refractivity contribution is 5.63. The minimum Gasteiger partial charge on any atom is -0.487 e. The fourth-order valence-corrected chi connectivity index (χ4v) is 4.05. The van der Waals surface area contributed by atoms with Gasteiger partial charge in [-0.1, -0.05) is 63.2 Å². The fourth-order valence-electron chi connectivity index (χ4n) is 4.05. The van der Waals surface area contributed by atoms with E-state index in [0.29, 0.717) is 18.4 Å². The van der Waals surface area contributed by atoms with Gasteiger partial charge in [0.2, 0.25) is 5.88 Å². The number of benzene rings is 2. The van der Waals surface area contributed by atoms with Gasteiger partial charge in [-0.25, -0.2) is 4.98 Å². The van der Waals surface area contributed by atoms with Crippen LogP contribution in [0.5, 0.6) is 11.6 Å². The average molecular weight is 439 g/mol. The highest BCUT2D eigenvalue weighted by Crippen LogP contribution is 2.40. The van der Waals surface area contributed by atoms with Crippen molar-refractivity contribution in [2.45, 2.75) is 32.8 Å². The van der Waals surface area contributed by atoms with Gasteiger partial charge in [-0.2, -0.15) is 0 Å². The number of pyridine rings is 2. The van der Waals surface area contributed by atoms with Crippen LogP contribution in [0.4, 0.5) is 0 Å². The maximum Gasteiger partial charge on any atom is 0.212 e. The normalized spacial score (nSPS) is 12.9. The molecule has 168 valence electrons. The van der Waals surface area contributed by atoms with Gasteiger partial charge >= 0.3 is 0 Å². The first-order valence-corrected chi connectivity index (χ1v) is 11.2. The molecule has 0 aliphatic rings. The molecule has 4 aromatic rings. The molecule has 4 rings (SSSR count).